The normalized spacial score (nSPS) is 9.81. The van der Waals surface area contributed by atoms with Crippen molar-refractivity contribution < 1.29 is 4.79 Å². The minimum Gasteiger partial charge on any atom is -0.396 e. The third-order valence-electron chi connectivity index (χ3n) is 2.02. The van der Waals surface area contributed by atoms with E-state index < -0.39 is 5.91 Å². The van der Waals surface area contributed by atoms with E-state index in [0.717, 1.165) is 4.47 Å². The number of primary amides is 1. The van der Waals surface area contributed by atoms with Crippen LogP contribution in [-0.4, -0.2) is 16.1 Å². The minimum absolute atomic E-state index is 0. The number of hydrogen-bond donors (Lipinski definition) is 2. The second-order valence-electron chi connectivity index (χ2n) is 2.96. The predicted octanol–water partition coefficient (Wildman–Crippen LogP) is 1.50. The molecule has 5 nitrogen and oxygen atoms in total. The van der Waals surface area contributed by atoms with Crippen LogP contribution >= 0.6 is 28.3 Å². The van der Waals surface area contributed by atoms with Crippen LogP contribution in [-0.2, 0) is 0 Å². The van der Waals surface area contributed by atoms with Crippen LogP contribution in [0.2, 0.25) is 0 Å². The summed E-state index contributed by atoms with van der Waals surface area (Å²) in [5.74, 6) is -0.679. The highest BCUT2D eigenvalue weighted by atomic mass is 79.9. The SMILES string of the molecule is Cl.NC(=O)c1nnc2c(Br)cccc2c1N. The molecule has 0 aliphatic carbocycles. The highest BCUT2D eigenvalue weighted by Crippen LogP contribution is 2.26. The fraction of sp³-hybridized carbons (Fsp3) is 0. The van der Waals surface area contributed by atoms with Gasteiger partial charge >= 0.3 is 0 Å². The third-order valence-corrected chi connectivity index (χ3v) is 2.66. The van der Waals surface area contributed by atoms with Crippen LogP contribution in [0, 0.1) is 0 Å². The molecule has 0 aliphatic heterocycles. The van der Waals surface area contributed by atoms with E-state index in [1.165, 1.54) is 0 Å². The number of halogens is 2. The van der Waals surface area contributed by atoms with Gasteiger partial charge in [-0.1, -0.05) is 12.1 Å². The molecule has 4 N–H and O–H groups in total. The number of carbonyl (C=O) groups excluding carboxylic acids is 1. The van der Waals surface area contributed by atoms with Gasteiger partial charge in [0, 0.05) is 9.86 Å². The Labute approximate surface area is 106 Å². The van der Waals surface area contributed by atoms with Crippen molar-refractivity contribution in [2.24, 2.45) is 5.73 Å². The van der Waals surface area contributed by atoms with E-state index in [2.05, 4.69) is 26.1 Å². The van der Waals surface area contributed by atoms with Gasteiger partial charge in [-0.15, -0.1) is 22.6 Å². The van der Waals surface area contributed by atoms with Gasteiger partial charge in [0.15, 0.2) is 5.69 Å². The van der Waals surface area contributed by atoms with E-state index in [1.807, 2.05) is 6.07 Å². The highest BCUT2D eigenvalue weighted by molar-refractivity contribution is 9.10. The van der Waals surface area contributed by atoms with Crippen LogP contribution in [0.25, 0.3) is 10.9 Å². The third kappa shape index (κ3) is 1.94. The summed E-state index contributed by atoms with van der Waals surface area (Å²) in [6.45, 7) is 0. The quantitative estimate of drug-likeness (QED) is 0.834. The van der Waals surface area contributed by atoms with Gasteiger partial charge in [0.1, 0.15) is 5.52 Å². The Hall–Kier alpha value is -1.40. The smallest absolute Gasteiger partial charge is 0.271 e. The first-order chi connectivity index (χ1) is 7.11. The second kappa shape index (κ2) is 4.63. The van der Waals surface area contributed by atoms with Gasteiger partial charge in [0.2, 0.25) is 0 Å². The number of amides is 1. The number of benzene rings is 1. The Morgan fingerprint density at radius 2 is 2.00 bits per heavy atom. The van der Waals surface area contributed by atoms with Crippen LogP contribution in [0.1, 0.15) is 10.5 Å². The summed E-state index contributed by atoms with van der Waals surface area (Å²) in [4.78, 5) is 11.0. The molecule has 16 heavy (non-hydrogen) atoms. The Kier molecular flexibility index (Phi) is 3.66. The van der Waals surface area contributed by atoms with Gasteiger partial charge < -0.3 is 11.5 Å². The molecule has 2 rings (SSSR count). The van der Waals surface area contributed by atoms with Crippen molar-refractivity contribution in [3.63, 3.8) is 0 Å². The zero-order valence-electron chi connectivity index (χ0n) is 7.98. The van der Waals surface area contributed by atoms with Crippen LogP contribution in [0.4, 0.5) is 5.69 Å². The number of anilines is 1. The van der Waals surface area contributed by atoms with Crippen molar-refractivity contribution in [3.05, 3.63) is 28.4 Å². The summed E-state index contributed by atoms with van der Waals surface area (Å²) in [5.41, 5.74) is 11.7. The molecule has 0 atom stereocenters. The van der Waals surface area contributed by atoms with Crippen LogP contribution in [0.15, 0.2) is 22.7 Å². The molecule has 7 heteroatoms. The predicted molar refractivity (Wildman–Crippen MR) is 67.4 cm³/mol. The lowest BCUT2D eigenvalue weighted by Crippen LogP contribution is -2.16. The first-order valence-electron chi connectivity index (χ1n) is 4.11. The lowest BCUT2D eigenvalue weighted by molar-refractivity contribution is 0.0996. The van der Waals surface area contributed by atoms with Gasteiger partial charge in [-0.2, -0.15) is 0 Å². The molecular weight excluding hydrogens is 295 g/mol. The molecule has 0 spiro atoms. The number of nitrogens with two attached hydrogens (primary N) is 2. The lowest BCUT2D eigenvalue weighted by Gasteiger charge is -2.04. The molecular formula is C9H8BrClN4O. The van der Waals surface area contributed by atoms with E-state index in [-0.39, 0.29) is 23.8 Å². The standard InChI is InChI=1S/C9H7BrN4O.ClH/c10-5-3-1-2-4-6(11)8(9(12)15)14-13-7(4)5;/h1-3H,(H2,11,13)(H2,12,15);1H. The molecule has 2 aromatic rings. The number of nitrogens with zero attached hydrogens (tertiary/aromatic N) is 2. The van der Waals surface area contributed by atoms with Gasteiger partial charge in [-0.3, -0.25) is 4.79 Å². The number of carbonyl (C=O) groups is 1. The van der Waals surface area contributed by atoms with Crippen LogP contribution < -0.4 is 11.5 Å². The Morgan fingerprint density at radius 1 is 1.31 bits per heavy atom. The van der Waals surface area contributed by atoms with E-state index in [9.17, 15) is 4.79 Å². The Morgan fingerprint density at radius 3 is 2.62 bits per heavy atom. The molecule has 1 amide bonds. The number of nitrogen functional groups attached to an aromatic ring is 1. The van der Waals surface area contributed by atoms with Crippen molar-refractivity contribution in [2.45, 2.75) is 0 Å². The average molecular weight is 304 g/mol. The van der Waals surface area contributed by atoms with Crippen molar-refractivity contribution in [2.75, 3.05) is 5.73 Å². The van der Waals surface area contributed by atoms with Crippen molar-refractivity contribution in [1.82, 2.24) is 10.2 Å². The van der Waals surface area contributed by atoms with E-state index in [4.69, 9.17) is 11.5 Å². The fourth-order valence-corrected chi connectivity index (χ4v) is 1.74. The Bertz CT molecular complexity index is 560. The fourth-order valence-electron chi connectivity index (χ4n) is 1.30. The van der Waals surface area contributed by atoms with E-state index >= 15 is 0 Å². The van der Waals surface area contributed by atoms with E-state index in [0.29, 0.717) is 10.9 Å². The van der Waals surface area contributed by atoms with Gasteiger partial charge in [-0.25, -0.2) is 0 Å². The second-order valence-corrected chi connectivity index (χ2v) is 3.82. The minimum atomic E-state index is -0.679. The number of aromatic nitrogens is 2. The average Bonchev–Trinajstić information content (AvgIpc) is 2.19. The molecule has 0 bridgehead atoms. The maximum absolute atomic E-state index is 11.0. The maximum Gasteiger partial charge on any atom is 0.271 e. The summed E-state index contributed by atoms with van der Waals surface area (Å²) in [6, 6.07) is 5.38. The molecule has 0 saturated carbocycles. The highest BCUT2D eigenvalue weighted by Gasteiger charge is 2.13. The van der Waals surface area contributed by atoms with Crippen molar-refractivity contribution in [1.29, 1.82) is 0 Å². The molecule has 1 heterocycles. The molecule has 0 aliphatic rings. The zero-order chi connectivity index (χ0) is 11.0. The zero-order valence-corrected chi connectivity index (χ0v) is 10.4. The number of hydrogen-bond acceptors (Lipinski definition) is 4. The number of rotatable bonds is 1. The lowest BCUT2D eigenvalue weighted by atomic mass is 10.1. The van der Waals surface area contributed by atoms with Gasteiger partial charge in [-0.05, 0) is 22.0 Å². The molecule has 0 radical (unpaired) electrons. The van der Waals surface area contributed by atoms with Gasteiger partial charge in [0.25, 0.3) is 5.91 Å². The Balaban J connectivity index is 0.00000128. The first kappa shape index (κ1) is 12.7. The summed E-state index contributed by atoms with van der Waals surface area (Å²) in [5, 5.41) is 8.23. The topological polar surface area (TPSA) is 94.9 Å². The molecule has 0 unspecified atom stereocenters. The molecule has 0 fully saturated rings. The van der Waals surface area contributed by atoms with Crippen LogP contribution in [0.5, 0.6) is 0 Å². The van der Waals surface area contributed by atoms with Gasteiger partial charge in [0.05, 0.1) is 5.69 Å². The first-order valence-corrected chi connectivity index (χ1v) is 4.90. The summed E-state index contributed by atoms with van der Waals surface area (Å²) >= 11 is 3.32. The molecule has 1 aromatic heterocycles. The largest absolute Gasteiger partial charge is 0.396 e. The van der Waals surface area contributed by atoms with Crippen molar-refractivity contribution >= 4 is 50.8 Å². The molecule has 1 aromatic carbocycles. The maximum atomic E-state index is 11.0. The van der Waals surface area contributed by atoms with Crippen LogP contribution in [0.3, 0.4) is 0 Å². The van der Waals surface area contributed by atoms with E-state index in [1.54, 1.807) is 12.1 Å². The summed E-state index contributed by atoms with van der Waals surface area (Å²) < 4.78 is 0.773. The summed E-state index contributed by atoms with van der Waals surface area (Å²) in [7, 11) is 0. The monoisotopic (exact) mass is 302 g/mol. The van der Waals surface area contributed by atoms with Crippen molar-refractivity contribution in [3.8, 4) is 0 Å². The number of fused-ring (bicyclic) bond motifs is 1. The molecule has 84 valence electrons. The summed E-state index contributed by atoms with van der Waals surface area (Å²) in [6.07, 6.45) is 0. The molecule has 0 saturated heterocycles.